The summed E-state index contributed by atoms with van der Waals surface area (Å²) in [6.45, 7) is 2.35. The van der Waals surface area contributed by atoms with Crippen LogP contribution in [0.15, 0.2) is 36.4 Å². The second kappa shape index (κ2) is 11.7. The van der Waals surface area contributed by atoms with Gasteiger partial charge in [0, 0.05) is 12.6 Å². The fraction of sp³-hybridized carbons (Fsp3) is 0.462. The third kappa shape index (κ3) is 7.17. The van der Waals surface area contributed by atoms with Crippen LogP contribution < -0.4 is 4.90 Å². The highest BCUT2D eigenvalue weighted by atomic mass is 19.4. The van der Waals surface area contributed by atoms with Gasteiger partial charge >= 0.3 is 30.7 Å². The quantitative estimate of drug-likeness (QED) is 0.325. The predicted molar refractivity (Wildman–Crippen MR) is 127 cm³/mol. The molecule has 1 aliphatic heterocycles. The van der Waals surface area contributed by atoms with E-state index < -0.39 is 71.6 Å². The van der Waals surface area contributed by atoms with Gasteiger partial charge in [-0.25, -0.2) is 9.59 Å². The van der Waals surface area contributed by atoms with E-state index in [0.29, 0.717) is 30.7 Å². The van der Waals surface area contributed by atoms with Crippen LogP contribution in [0.25, 0.3) is 0 Å². The minimum Gasteiger partial charge on any atom is -0.453 e. The highest BCUT2D eigenvalue weighted by molar-refractivity contribution is 5.90. The number of anilines is 1. The number of benzene rings is 2. The van der Waals surface area contributed by atoms with Gasteiger partial charge < -0.3 is 9.47 Å². The average Bonchev–Trinajstić information content (AvgIpc) is 2.87. The fourth-order valence-corrected chi connectivity index (χ4v) is 4.57. The third-order valence-electron chi connectivity index (χ3n) is 6.39. The Balaban J connectivity index is 2.18. The predicted octanol–water partition coefficient (Wildman–Crippen LogP) is 8.20. The molecule has 0 saturated heterocycles. The topological polar surface area (TPSA) is 59.1 Å². The van der Waals surface area contributed by atoms with Gasteiger partial charge in [0.05, 0.1) is 42.1 Å². The van der Waals surface area contributed by atoms with Gasteiger partial charge in [0.1, 0.15) is 0 Å². The maximum absolute atomic E-state index is 13.6. The van der Waals surface area contributed by atoms with E-state index in [1.54, 1.807) is 6.92 Å². The zero-order chi connectivity index (χ0) is 30.9. The Morgan fingerprint density at radius 2 is 1.46 bits per heavy atom. The summed E-state index contributed by atoms with van der Waals surface area (Å²) >= 11 is 0. The number of amides is 2. The Morgan fingerprint density at radius 1 is 0.902 bits per heavy atom. The molecule has 6 nitrogen and oxygen atoms in total. The molecular formula is C26H25F9N2O4. The third-order valence-corrected chi connectivity index (χ3v) is 6.39. The number of nitrogens with zero attached hydrogens (tertiary/aromatic N) is 2. The van der Waals surface area contributed by atoms with Gasteiger partial charge in [-0.3, -0.25) is 9.80 Å². The highest BCUT2D eigenvalue weighted by Crippen LogP contribution is 2.45. The molecule has 3 rings (SSSR count). The summed E-state index contributed by atoms with van der Waals surface area (Å²) in [7, 11) is 0.899. The normalized spacial score (nSPS) is 17.6. The van der Waals surface area contributed by atoms with Crippen LogP contribution in [0.1, 0.15) is 60.5 Å². The molecule has 2 aromatic carbocycles. The van der Waals surface area contributed by atoms with E-state index in [4.69, 9.17) is 9.47 Å². The van der Waals surface area contributed by atoms with Crippen molar-refractivity contribution in [2.24, 2.45) is 0 Å². The van der Waals surface area contributed by atoms with Crippen LogP contribution in [0.3, 0.4) is 0 Å². The maximum atomic E-state index is 13.6. The number of methoxy groups -OCH3 is 1. The van der Waals surface area contributed by atoms with Crippen molar-refractivity contribution in [2.75, 3.05) is 18.6 Å². The molecule has 2 amide bonds. The van der Waals surface area contributed by atoms with Crippen LogP contribution in [0.4, 0.5) is 54.8 Å². The number of hydrogen-bond acceptors (Lipinski definition) is 4. The molecule has 2 atom stereocenters. The summed E-state index contributed by atoms with van der Waals surface area (Å²) in [6, 6.07) is 0.975. The number of rotatable bonds is 5. The number of fused-ring (bicyclic) bond motifs is 1. The van der Waals surface area contributed by atoms with Crippen molar-refractivity contribution >= 4 is 17.9 Å². The molecule has 15 heteroatoms. The lowest BCUT2D eigenvalue weighted by molar-refractivity contribution is -0.143. The summed E-state index contributed by atoms with van der Waals surface area (Å²) in [5, 5.41) is 0. The van der Waals surface area contributed by atoms with E-state index in [0.717, 1.165) is 23.0 Å². The number of halogens is 9. The Labute approximate surface area is 228 Å². The lowest BCUT2D eigenvalue weighted by atomic mass is 9.89. The molecule has 1 aliphatic rings. The average molecular weight is 600 g/mol. The second-order valence-corrected chi connectivity index (χ2v) is 9.37. The first-order valence-corrected chi connectivity index (χ1v) is 12.2. The van der Waals surface area contributed by atoms with Crippen molar-refractivity contribution < 1.29 is 58.6 Å². The van der Waals surface area contributed by atoms with Crippen molar-refractivity contribution in [3.63, 3.8) is 0 Å². The van der Waals surface area contributed by atoms with Crippen LogP contribution in [0.2, 0.25) is 0 Å². The van der Waals surface area contributed by atoms with Crippen LogP contribution in [0, 0.1) is 0 Å². The van der Waals surface area contributed by atoms with E-state index in [-0.39, 0.29) is 30.3 Å². The molecule has 0 radical (unpaired) electrons. The monoisotopic (exact) mass is 600 g/mol. The van der Waals surface area contributed by atoms with Gasteiger partial charge in [-0.1, -0.05) is 6.92 Å². The molecule has 0 saturated carbocycles. The van der Waals surface area contributed by atoms with Crippen LogP contribution in [0.5, 0.6) is 0 Å². The van der Waals surface area contributed by atoms with E-state index in [1.165, 1.54) is 6.92 Å². The molecule has 0 spiro atoms. The van der Waals surface area contributed by atoms with Crippen molar-refractivity contribution in [3.8, 4) is 0 Å². The van der Waals surface area contributed by atoms with Crippen LogP contribution >= 0.6 is 0 Å². The molecule has 0 bridgehead atoms. The fourth-order valence-electron chi connectivity index (χ4n) is 4.57. The highest BCUT2D eigenvalue weighted by Gasteiger charge is 2.42. The molecule has 0 unspecified atom stereocenters. The lowest BCUT2D eigenvalue weighted by Gasteiger charge is -2.42. The smallest absolute Gasteiger partial charge is 0.416 e. The molecule has 226 valence electrons. The Hall–Kier alpha value is -3.65. The van der Waals surface area contributed by atoms with Gasteiger partial charge in [-0.2, -0.15) is 39.5 Å². The SMILES string of the molecule is CCCOC(=O)N1c2ccc(C(F)(F)F)cc2[C@H](N(Cc2cc(C(F)(F)F)cc(C(F)(F)F)c2)C(=O)OC)C[C@@H]1C. The molecule has 0 N–H and O–H groups in total. The summed E-state index contributed by atoms with van der Waals surface area (Å²) < 4.78 is 131. The zero-order valence-electron chi connectivity index (χ0n) is 21.9. The number of alkyl halides is 9. The van der Waals surface area contributed by atoms with E-state index >= 15 is 0 Å². The van der Waals surface area contributed by atoms with E-state index in [2.05, 4.69) is 0 Å². The number of ether oxygens (including phenoxy) is 2. The van der Waals surface area contributed by atoms with Gasteiger partial charge in [0.25, 0.3) is 0 Å². The lowest BCUT2D eigenvalue weighted by Crippen LogP contribution is -2.47. The maximum Gasteiger partial charge on any atom is 0.416 e. The number of carbonyl (C=O) groups excluding carboxylic acids is 2. The molecule has 2 aromatic rings. The van der Waals surface area contributed by atoms with E-state index in [1.807, 2.05) is 0 Å². The minimum atomic E-state index is -5.17. The Bertz CT molecular complexity index is 1240. The van der Waals surface area contributed by atoms with Crippen LogP contribution in [-0.2, 0) is 34.5 Å². The molecule has 1 heterocycles. The standard InChI is InChI=1S/C26H25F9N2O4/c1-4-7-41-23(39)37-14(2)8-21(19-12-16(24(27,28)29)5-6-20(19)37)36(22(38)40-3)13-15-9-17(25(30,31)32)11-18(10-15)26(33,34)35/h5-6,9-12,14,21H,4,7-8,13H2,1-3H3/t14-,21+/m0/s1. The first-order valence-electron chi connectivity index (χ1n) is 12.2. The summed E-state index contributed by atoms with van der Waals surface area (Å²) in [5.74, 6) is 0. The molecule has 0 aromatic heterocycles. The summed E-state index contributed by atoms with van der Waals surface area (Å²) in [6.07, 6.45) is -17.1. The molecule has 0 aliphatic carbocycles. The van der Waals surface area contributed by atoms with Crippen LogP contribution in [-0.4, -0.2) is 36.8 Å². The first kappa shape index (κ1) is 31.9. The largest absolute Gasteiger partial charge is 0.453 e. The zero-order valence-corrected chi connectivity index (χ0v) is 21.9. The number of hydrogen-bond donors (Lipinski definition) is 0. The first-order chi connectivity index (χ1) is 18.9. The van der Waals surface area contributed by atoms with Crippen molar-refractivity contribution in [1.29, 1.82) is 0 Å². The molecule has 41 heavy (non-hydrogen) atoms. The van der Waals surface area contributed by atoms with Gasteiger partial charge in [-0.15, -0.1) is 0 Å². The summed E-state index contributed by atoms with van der Waals surface area (Å²) in [4.78, 5) is 27.5. The van der Waals surface area contributed by atoms with Crippen molar-refractivity contribution in [3.05, 3.63) is 64.2 Å². The van der Waals surface area contributed by atoms with Gasteiger partial charge in [-0.05, 0) is 67.3 Å². The number of carbonyl (C=O) groups is 2. The molecule has 0 fully saturated rings. The van der Waals surface area contributed by atoms with Gasteiger partial charge in [0.2, 0.25) is 0 Å². The minimum absolute atomic E-state index is 0.00677. The Morgan fingerprint density at radius 3 is 1.95 bits per heavy atom. The summed E-state index contributed by atoms with van der Waals surface area (Å²) in [5.41, 5.74) is -5.30. The van der Waals surface area contributed by atoms with E-state index in [9.17, 15) is 49.1 Å². The molecular weight excluding hydrogens is 575 g/mol. The van der Waals surface area contributed by atoms with Crippen molar-refractivity contribution in [2.45, 2.75) is 63.8 Å². The Kier molecular flexibility index (Phi) is 9.08. The van der Waals surface area contributed by atoms with Gasteiger partial charge in [0.15, 0.2) is 0 Å². The second-order valence-electron chi connectivity index (χ2n) is 9.37. The van der Waals surface area contributed by atoms with Crippen molar-refractivity contribution in [1.82, 2.24) is 4.90 Å².